The zero-order valence-corrected chi connectivity index (χ0v) is 15.7. The fourth-order valence-corrected chi connectivity index (χ4v) is 2.59. The molecule has 1 amide bonds. The lowest BCUT2D eigenvalue weighted by Crippen LogP contribution is -2.15. The lowest BCUT2D eigenvalue weighted by Gasteiger charge is -2.12. The number of rotatable bonds is 6. The molecule has 0 saturated heterocycles. The maximum absolute atomic E-state index is 12.4. The fourth-order valence-electron chi connectivity index (χ4n) is 2.41. The predicted octanol–water partition coefficient (Wildman–Crippen LogP) is 4.83. The molecule has 2 N–H and O–H groups in total. The summed E-state index contributed by atoms with van der Waals surface area (Å²) >= 11 is 5.98. The zero-order chi connectivity index (χ0) is 19.2. The van der Waals surface area contributed by atoms with Gasteiger partial charge in [0.2, 0.25) is 0 Å². The topological polar surface area (TPSA) is 76.1 Å². The van der Waals surface area contributed by atoms with Crippen LogP contribution in [-0.2, 0) is 0 Å². The molecule has 0 aliphatic carbocycles. The average molecular weight is 383 g/mol. The van der Waals surface area contributed by atoms with Gasteiger partial charge >= 0.3 is 0 Å². The van der Waals surface area contributed by atoms with E-state index >= 15 is 0 Å². The smallest absolute Gasteiger partial charge is 0.275 e. The summed E-state index contributed by atoms with van der Waals surface area (Å²) in [6, 6.07) is 12.9. The van der Waals surface area contributed by atoms with Crippen molar-refractivity contribution in [3.8, 4) is 5.75 Å². The van der Waals surface area contributed by atoms with Gasteiger partial charge in [-0.3, -0.25) is 4.79 Å². The summed E-state index contributed by atoms with van der Waals surface area (Å²) in [4.78, 5) is 20.8. The van der Waals surface area contributed by atoms with Crippen LogP contribution >= 0.6 is 11.6 Å². The highest BCUT2D eigenvalue weighted by Crippen LogP contribution is 2.26. The number of nitrogens with one attached hydrogen (secondary N) is 2. The predicted molar refractivity (Wildman–Crippen MR) is 107 cm³/mol. The van der Waals surface area contributed by atoms with Gasteiger partial charge in [0.15, 0.2) is 0 Å². The second-order valence-corrected chi connectivity index (χ2v) is 6.19. The Bertz CT molecular complexity index is 945. The van der Waals surface area contributed by atoms with Gasteiger partial charge in [0, 0.05) is 10.7 Å². The molecule has 3 aromatic rings. The normalized spacial score (nSPS) is 10.3. The van der Waals surface area contributed by atoms with Crippen LogP contribution in [0.25, 0.3) is 0 Å². The standard InChI is InChI=1S/C20H19ClN4O2/c1-3-27-18-7-5-4-6-15(18)24-19-12-22-17(11-23-19)20(26)25-16-10-14(21)9-8-13(16)2/h4-12H,3H2,1-2H3,(H,23,24)(H,25,26). The third-order valence-corrected chi connectivity index (χ3v) is 4.02. The largest absolute Gasteiger partial charge is 0.492 e. The van der Waals surface area contributed by atoms with Crippen molar-refractivity contribution in [1.82, 2.24) is 9.97 Å². The number of para-hydroxylation sites is 2. The van der Waals surface area contributed by atoms with Crippen LogP contribution < -0.4 is 15.4 Å². The van der Waals surface area contributed by atoms with Crippen molar-refractivity contribution in [1.29, 1.82) is 0 Å². The first-order chi connectivity index (χ1) is 13.1. The number of nitrogens with zero attached hydrogens (tertiary/aromatic N) is 2. The summed E-state index contributed by atoms with van der Waals surface area (Å²) in [5.74, 6) is 0.881. The molecule has 0 unspecified atom stereocenters. The summed E-state index contributed by atoms with van der Waals surface area (Å²) in [5.41, 5.74) is 2.53. The highest BCUT2D eigenvalue weighted by Gasteiger charge is 2.11. The van der Waals surface area contributed by atoms with Crippen LogP contribution in [0.5, 0.6) is 5.75 Å². The van der Waals surface area contributed by atoms with E-state index < -0.39 is 0 Å². The first-order valence-corrected chi connectivity index (χ1v) is 8.83. The summed E-state index contributed by atoms with van der Waals surface area (Å²) in [5, 5.41) is 6.49. The van der Waals surface area contributed by atoms with Gasteiger partial charge in [-0.25, -0.2) is 9.97 Å². The Hall–Kier alpha value is -3.12. The molecule has 0 aliphatic heterocycles. The van der Waals surface area contributed by atoms with Crippen molar-refractivity contribution in [2.45, 2.75) is 13.8 Å². The minimum atomic E-state index is -0.353. The molecule has 6 nitrogen and oxygen atoms in total. The number of halogens is 1. The molecule has 138 valence electrons. The Morgan fingerprint density at radius 3 is 2.67 bits per heavy atom. The number of carbonyl (C=O) groups excluding carboxylic acids is 1. The van der Waals surface area contributed by atoms with Crippen molar-refractivity contribution >= 4 is 34.7 Å². The molecule has 7 heteroatoms. The van der Waals surface area contributed by atoms with Gasteiger partial charge in [0.25, 0.3) is 5.91 Å². The molecule has 0 spiro atoms. The molecule has 3 rings (SSSR count). The number of ether oxygens (including phenoxy) is 1. The van der Waals surface area contributed by atoms with E-state index in [0.29, 0.717) is 23.1 Å². The molecule has 0 bridgehead atoms. The maximum Gasteiger partial charge on any atom is 0.275 e. The second-order valence-electron chi connectivity index (χ2n) is 5.75. The van der Waals surface area contributed by atoms with Crippen LogP contribution in [0.2, 0.25) is 5.02 Å². The summed E-state index contributed by atoms with van der Waals surface area (Å²) in [6.07, 6.45) is 2.92. The van der Waals surface area contributed by atoms with E-state index in [2.05, 4.69) is 20.6 Å². The third-order valence-electron chi connectivity index (χ3n) is 3.78. The van der Waals surface area contributed by atoms with Crippen molar-refractivity contribution in [3.63, 3.8) is 0 Å². The minimum Gasteiger partial charge on any atom is -0.492 e. The molecule has 2 aromatic carbocycles. The van der Waals surface area contributed by atoms with Gasteiger partial charge in [0.05, 0.1) is 24.7 Å². The molecule has 1 heterocycles. The van der Waals surface area contributed by atoms with Crippen LogP contribution in [0.3, 0.4) is 0 Å². The van der Waals surface area contributed by atoms with Gasteiger partial charge in [0.1, 0.15) is 17.3 Å². The van der Waals surface area contributed by atoms with Gasteiger partial charge in [-0.2, -0.15) is 0 Å². The van der Waals surface area contributed by atoms with Crippen molar-refractivity contribution in [2.24, 2.45) is 0 Å². The van der Waals surface area contributed by atoms with Crippen molar-refractivity contribution in [2.75, 3.05) is 17.2 Å². The number of amides is 1. The number of carbonyl (C=O) groups is 1. The van der Waals surface area contributed by atoms with Crippen LogP contribution in [0.4, 0.5) is 17.2 Å². The highest BCUT2D eigenvalue weighted by molar-refractivity contribution is 6.31. The van der Waals surface area contributed by atoms with E-state index in [9.17, 15) is 4.79 Å². The molecule has 0 aliphatic rings. The molecule has 0 fully saturated rings. The summed E-state index contributed by atoms with van der Waals surface area (Å²) < 4.78 is 5.57. The van der Waals surface area contributed by atoms with Crippen molar-refractivity contribution in [3.05, 3.63) is 71.1 Å². The number of aromatic nitrogens is 2. The lowest BCUT2D eigenvalue weighted by atomic mass is 10.2. The van der Waals surface area contributed by atoms with E-state index in [0.717, 1.165) is 17.0 Å². The number of hydrogen-bond acceptors (Lipinski definition) is 5. The molecule has 1 aromatic heterocycles. The molecular formula is C20H19ClN4O2. The van der Waals surface area contributed by atoms with Crippen molar-refractivity contribution < 1.29 is 9.53 Å². The number of hydrogen-bond donors (Lipinski definition) is 2. The summed E-state index contributed by atoms with van der Waals surface area (Å²) in [7, 11) is 0. The molecule has 27 heavy (non-hydrogen) atoms. The van der Waals surface area contributed by atoms with E-state index in [4.69, 9.17) is 16.3 Å². The first-order valence-electron chi connectivity index (χ1n) is 8.45. The van der Waals surface area contributed by atoms with E-state index in [1.807, 2.05) is 44.2 Å². The SMILES string of the molecule is CCOc1ccccc1Nc1cnc(C(=O)Nc2cc(Cl)ccc2C)cn1. The van der Waals surface area contributed by atoms with Crippen LogP contribution in [0.15, 0.2) is 54.9 Å². The van der Waals surface area contributed by atoms with Gasteiger partial charge in [-0.05, 0) is 43.7 Å². The van der Waals surface area contributed by atoms with Crippen LogP contribution in [0, 0.1) is 6.92 Å². The van der Waals surface area contributed by atoms with Crippen LogP contribution in [-0.4, -0.2) is 22.5 Å². The fraction of sp³-hybridized carbons (Fsp3) is 0.150. The quantitative estimate of drug-likeness (QED) is 0.638. The number of aryl methyl sites for hydroxylation is 1. The average Bonchev–Trinajstić information content (AvgIpc) is 2.67. The highest BCUT2D eigenvalue weighted by atomic mass is 35.5. The Labute approximate surface area is 162 Å². The Morgan fingerprint density at radius 1 is 1.11 bits per heavy atom. The maximum atomic E-state index is 12.4. The lowest BCUT2D eigenvalue weighted by molar-refractivity contribution is 0.102. The Balaban J connectivity index is 1.72. The summed E-state index contributed by atoms with van der Waals surface area (Å²) in [6.45, 7) is 4.37. The Morgan fingerprint density at radius 2 is 1.93 bits per heavy atom. The van der Waals surface area contributed by atoms with Crippen LogP contribution in [0.1, 0.15) is 23.0 Å². The monoisotopic (exact) mass is 382 g/mol. The second kappa shape index (κ2) is 8.51. The number of anilines is 3. The molecule has 0 atom stereocenters. The van der Waals surface area contributed by atoms with Gasteiger partial charge in [-0.15, -0.1) is 0 Å². The van der Waals surface area contributed by atoms with E-state index in [-0.39, 0.29) is 11.6 Å². The zero-order valence-electron chi connectivity index (χ0n) is 15.0. The minimum absolute atomic E-state index is 0.206. The number of benzene rings is 2. The van der Waals surface area contributed by atoms with E-state index in [1.165, 1.54) is 12.4 Å². The van der Waals surface area contributed by atoms with Gasteiger partial charge in [-0.1, -0.05) is 29.8 Å². The molecular weight excluding hydrogens is 364 g/mol. The first kappa shape index (κ1) is 18.7. The van der Waals surface area contributed by atoms with Gasteiger partial charge < -0.3 is 15.4 Å². The van der Waals surface area contributed by atoms with E-state index in [1.54, 1.807) is 12.1 Å². The molecule has 0 radical (unpaired) electrons. The molecule has 0 saturated carbocycles. The Kier molecular flexibility index (Phi) is 5.88. The third kappa shape index (κ3) is 4.74.